The topological polar surface area (TPSA) is 77.1 Å². The molecular weight excluding hydrogens is 444 g/mol. The quantitative estimate of drug-likeness (QED) is 0.497. The van der Waals surface area contributed by atoms with E-state index in [1.807, 2.05) is 55.5 Å². The van der Waals surface area contributed by atoms with Crippen LogP contribution in [0.4, 0.5) is 0 Å². The Morgan fingerprint density at radius 1 is 0.971 bits per heavy atom. The summed E-state index contributed by atoms with van der Waals surface area (Å²) in [5, 5.41) is 2.99. The number of rotatable bonds is 9. The van der Waals surface area contributed by atoms with Crippen molar-refractivity contribution in [2.24, 2.45) is 0 Å². The lowest BCUT2D eigenvalue weighted by molar-refractivity contribution is -0.122. The average molecular weight is 475 g/mol. The number of aryl methyl sites for hydroxylation is 1. The molecule has 0 aliphatic carbocycles. The van der Waals surface area contributed by atoms with Crippen LogP contribution in [0.15, 0.2) is 60.7 Å². The third kappa shape index (κ3) is 5.09. The van der Waals surface area contributed by atoms with Gasteiger partial charge in [0.2, 0.25) is 11.7 Å². The SMILES string of the molecule is COc1cc([C@@H](CC(=O)NCc2ccc(C)cc2)N2Cc3ccccc3C2=O)cc(OC)c1OC. The summed E-state index contributed by atoms with van der Waals surface area (Å²) in [5.74, 6) is 1.13. The van der Waals surface area contributed by atoms with Crippen LogP contribution in [0, 0.1) is 6.92 Å². The second-order valence-corrected chi connectivity index (χ2v) is 8.53. The van der Waals surface area contributed by atoms with E-state index in [1.165, 1.54) is 7.11 Å². The molecule has 0 aromatic heterocycles. The predicted octanol–water partition coefficient (Wildman–Crippen LogP) is 4.42. The molecule has 1 N–H and O–H groups in total. The van der Waals surface area contributed by atoms with E-state index >= 15 is 0 Å². The third-order valence-corrected chi connectivity index (χ3v) is 6.29. The maximum absolute atomic E-state index is 13.3. The molecule has 3 aromatic carbocycles. The molecule has 0 radical (unpaired) electrons. The third-order valence-electron chi connectivity index (χ3n) is 6.29. The molecule has 7 heteroatoms. The molecule has 0 saturated heterocycles. The summed E-state index contributed by atoms with van der Waals surface area (Å²) in [7, 11) is 4.62. The Hall–Kier alpha value is -4.00. The predicted molar refractivity (Wildman–Crippen MR) is 133 cm³/mol. The lowest BCUT2D eigenvalue weighted by Gasteiger charge is -2.29. The number of amides is 2. The Bertz CT molecular complexity index is 1200. The number of methoxy groups -OCH3 is 3. The fourth-order valence-electron chi connectivity index (χ4n) is 4.38. The first kappa shape index (κ1) is 24.1. The number of carbonyl (C=O) groups is 2. The zero-order chi connectivity index (χ0) is 24.9. The molecule has 182 valence electrons. The summed E-state index contributed by atoms with van der Waals surface area (Å²) in [4.78, 5) is 28.2. The molecule has 1 aliphatic heterocycles. The van der Waals surface area contributed by atoms with Crippen molar-refractivity contribution in [2.45, 2.75) is 32.5 Å². The Balaban J connectivity index is 1.64. The van der Waals surface area contributed by atoms with Crippen molar-refractivity contribution < 1.29 is 23.8 Å². The number of hydrogen-bond acceptors (Lipinski definition) is 5. The van der Waals surface area contributed by atoms with Crippen LogP contribution in [0.3, 0.4) is 0 Å². The smallest absolute Gasteiger partial charge is 0.255 e. The van der Waals surface area contributed by atoms with E-state index in [1.54, 1.807) is 31.3 Å². The van der Waals surface area contributed by atoms with Crippen molar-refractivity contribution in [1.29, 1.82) is 0 Å². The Morgan fingerprint density at radius 3 is 2.23 bits per heavy atom. The first-order valence-electron chi connectivity index (χ1n) is 11.5. The van der Waals surface area contributed by atoms with Gasteiger partial charge in [-0.05, 0) is 41.8 Å². The summed E-state index contributed by atoms with van der Waals surface area (Å²) in [6.45, 7) is 2.85. The normalized spacial score (nSPS) is 13.3. The number of nitrogens with one attached hydrogen (secondary N) is 1. The molecule has 4 rings (SSSR count). The monoisotopic (exact) mass is 474 g/mol. The van der Waals surface area contributed by atoms with E-state index in [4.69, 9.17) is 14.2 Å². The van der Waals surface area contributed by atoms with Gasteiger partial charge in [-0.2, -0.15) is 0 Å². The van der Waals surface area contributed by atoms with Crippen molar-refractivity contribution in [3.8, 4) is 17.2 Å². The van der Waals surface area contributed by atoms with Gasteiger partial charge in [0.05, 0.1) is 33.8 Å². The van der Waals surface area contributed by atoms with Crippen molar-refractivity contribution in [2.75, 3.05) is 21.3 Å². The van der Waals surface area contributed by atoms with Crippen molar-refractivity contribution in [3.05, 3.63) is 88.5 Å². The van der Waals surface area contributed by atoms with Crippen LogP contribution in [-0.4, -0.2) is 38.0 Å². The molecule has 1 atom stereocenters. The lowest BCUT2D eigenvalue weighted by Crippen LogP contribution is -2.34. The number of carbonyl (C=O) groups excluding carboxylic acids is 2. The Morgan fingerprint density at radius 2 is 1.63 bits per heavy atom. The van der Waals surface area contributed by atoms with E-state index in [0.29, 0.717) is 35.9 Å². The van der Waals surface area contributed by atoms with Crippen molar-refractivity contribution in [1.82, 2.24) is 10.2 Å². The molecule has 0 fully saturated rings. The van der Waals surface area contributed by atoms with Gasteiger partial charge < -0.3 is 24.4 Å². The van der Waals surface area contributed by atoms with Gasteiger partial charge in [0.15, 0.2) is 11.5 Å². The molecule has 1 heterocycles. The van der Waals surface area contributed by atoms with E-state index in [-0.39, 0.29) is 18.2 Å². The summed E-state index contributed by atoms with van der Waals surface area (Å²) in [5.41, 5.74) is 4.50. The molecule has 0 saturated carbocycles. The number of nitrogens with zero attached hydrogens (tertiary/aromatic N) is 1. The molecular formula is C28H30N2O5. The van der Waals surface area contributed by atoms with Gasteiger partial charge in [-0.25, -0.2) is 0 Å². The molecule has 1 aliphatic rings. The number of hydrogen-bond donors (Lipinski definition) is 1. The minimum Gasteiger partial charge on any atom is -0.493 e. The average Bonchev–Trinajstić information content (AvgIpc) is 3.22. The standard InChI is InChI=1S/C28H30N2O5/c1-18-9-11-19(12-10-18)16-29-26(31)15-23(30-17-20-7-5-6-8-22(20)28(30)32)21-13-24(33-2)27(35-4)25(14-21)34-3/h5-14,23H,15-17H2,1-4H3,(H,29,31)/t23-/m1/s1. The van der Waals surface area contributed by atoms with Gasteiger partial charge >= 0.3 is 0 Å². The second kappa shape index (κ2) is 10.5. The zero-order valence-electron chi connectivity index (χ0n) is 20.5. The minimum absolute atomic E-state index is 0.0875. The van der Waals surface area contributed by atoms with Crippen LogP contribution in [0.25, 0.3) is 0 Å². The first-order chi connectivity index (χ1) is 16.9. The van der Waals surface area contributed by atoms with Gasteiger partial charge in [0.25, 0.3) is 5.91 Å². The highest BCUT2D eigenvalue weighted by molar-refractivity contribution is 5.99. The maximum atomic E-state index is 13.3. The fraction of sp³-hybridized carbons (Fsp3) is 0.286. The number of ether oxygens (including phenoxy) is 3. The molecule has 35 heavy (non-hydrogen) atoms. The molecule has 2 amide bonds. The molecule has 0 spiro atoms. The summed E-state index contributed by atoms with van der Waals surface area (Å²) in [6, 6.07) is 18.6. The fourth-order valence-corrected chi connectivity index (χ4v) is 4.38. The van der Waals surface area contributed by atoms with Crippen molar-refractivity contribution >= 4 is 11.8 Å². The first-order valence-corrected chi connectivity index (χ1v) is 11.5. The molecule has 0 unspecified atom stereocenters. The van der Waals surface area contributed by atoms with Crippen LogP contribution >= 0.6 is 0 Å². The second-order valence-electron chi connectivity index (χ2n) is 8.53. The summed E-state index contributed by atoms with van der Waals surface area (Å²) < 4.78 is 16.5. The highest BCUT2D eigenvalue weighted by atomic mass is 16.5. The lowest BCUT2D eigenvalue weighted by atomic mass is 10.00. The van der Waals surface area contributed by atoms with E-state index < -0.39 is 6.04 Å². The van der Waals surface area contributed by atoms with Gasteiger partial charge in [-0.15, -0.1) is 0 Å². The highest BCUT2D eigenvalue weighted by Gasteiger charge is 2.35. The van der Waals surface area contributed by atoms with E-state index in [2.05, 4.69) is 5.32 Å². The molecule has 0 bridgehead atoms. The van der Waals surface area contributed by atoms with Crippen LogP contribution in [0.5, 0.6) is 17.2 Å². The highest BCUT2D eigenvalue weighted by Crippen LogP contribution is 2.42. The number of benzene rings is 3. The summed E-state index contributed by atoms with van der Waals surface area (Å²) >= 11 is 0. The Kier molecular flexibility index (Phi) is 7.25. The van der Waals surface area contributed by atoms with Gasteiger partial charge in [0, 0.05) is 18.7 Å². The van der Waals surface area contributed by atoms with Gasteiger partial charge in [0.1, 0.15) is 0 Å². The van der Waals surface area contributed by atoms with Crippen LogP contribution in [0.1, 0.15) is 45.1 Å². The van der Waals surface area contributed by atoms with E-state index in [0.717, 1.165) is 22.3 Å². The minimum atomic E-state index is -0.526. The van der Waals surface area contributed by atoms with Crippen LogP contribution in [0.2, 0.25) is 0 Å². The molecule has 7 nitrogen and oxygen atoms in total. The van der Waals surface area contributed by atoms with Crippen LogP contribution in [-0.2, 0) is 17.9 Å². The number of fused-ring (bicyclic) bond motifs is 1. The maximum Gasteiger partial charge on any atom is 0.255 e. The zero-order valence-corrected chi connectivity index (χ0v) is 20.5. The summed E-state index contributed by atoms with van der Waals surface area (Å²) in [6.07, 6.45) is 0.0875. The Labute approximate surface area is 205 Å². The van der Waals surface area contributed by atoms with Crippen LogP contribution < -0.4 is 19.5 Å². The molecule has 3 aromatic rings. The largest absolute Gasteiger partial charge is 0.493 e. The van der Waals surface area contributed by atoms with E-state index in [9.17, 15) is 9.59 Å². The van der Waals surface area contributed by atoms with Gasteiger partial charge in [-0.3, -0.25) is 9.59 Å². The van der Waals surface area contributed by atoms with Gasteiger partial charge in [-0.1, -0.05) is 48.0 Å². The van der Waals surface area contributed by atoms with Crippen molar-refractivity contribution in [3.63, 3.8) is 0 Å².